The van der Waals surface area contributed by atoms with E-state index in [1.54, 1.807) is 0 Å². The zero-order valence-corrected chi connectivity index (χ0v) is 8.69. The van der Waals surface area contributed by atoms with E-state index in [1.807, 2.05) is 11.8 Å². The van der Waals surface area contributed by atoms with Crippen LogP contribution in [0.5, 0.6) is 0 Å². The second kappa shape index (κ2) is 3.78. The van der Waals surface area contributed by atoms with Crippen molar-refractivity contribution in [2.75, 3.05) is 5.75 Å². The van der Waals surface area contributed by atoms with Crippen molar-refractivity contribution in [3.8, 4) is 0 Å². The Labute approximate surface area is 83.0 Å². The first-order chi connectivity index (χ1) is 6.31. The molecule has 2 fully saturated rings. The van der Waals surface area contributed by atoms with Crippen LogP contribution < -0.4 is 10.6 Å². The maximum absolute atomic E-state index is 11.0. The van der Waals surface area contributed by atoms with Gasteiger partial charge in [-0.1, -0.05) is 19.8 Å². The molecule has 2 saturated heterocycles. The van der Waals surface area contributed by atoms with Gasteiger partial charge in [-0.15, -0.1) is 0 Å². The lowest BCUT2D eigenvalue weighted by atomic mass is 10.0. The summed E-state index contributed by atoms with van der Waals surface area (Å²) in [6.45, 7) is 2.21. The summed E-state index contributed by atoms with van der Waals surface area (Å²) in [4.78, 5) is 11.0. The first kappa shape index (κ1) is 9.19. The van der Waals surface area contributed by atoms with Crippen molar-refractivity contribution in [2.45, 2.75) is 43.5 Å². The number of nitrogens with one attached hydrogen (secondary N) is 2. The highest BCUT2D eigenvalue weighted by Gasteiger charge is 2.42. The largest absolute Gasteiger partial charge is 0.332 e. The van der Waals surface area contributed by atoms with E-state index in [1.165, 1.54) is 19.3 Å². The molecule has 13 heavy (non-hydrogen) atoms. The molecular weight excluding hydrogens is 184 g/mol. The molecule has 2 heterocycles. The van der Waals surface area contributed by atoms with Crippen LogP contribution in [0, 0.1) is 0 Å². The minimum absolute atomic E-state index is 0.0248. The Morgan fingerprint density at radius 3 is 3.15 bits per heavy atom. The maximum atomic E-state index is 11.0. The van der Waals surface area contributed by atoms with Crippen LogP contribution in [0.2, 0.25) is 0 Å². The molecule has 3 nitrogen and oxygen atoms in total. The molecule has 74 valence electrons. The van der Waals surface area contributed by atoms with Gasteiger partial charge in [-0.3, -0.25) is 0 Å². The summed E-state index contributed by atoms with van der Waals surface area (Å²) in [5.41, 5.74) is 0. The van der Waals surface area contributed by atoms with Crippen molar-refractivity contribution in [1.82, 2.24) is 10.6 Å². The van der Waals surface area contributed by atoms with Crippen LogP contribution in [0.3, 0.4) is 0 Å². The van der Waals surface area contributed by atoms with Gasteiger partial charge >= 0.3 is 6.03 Å². The lowest BCUT2D eigenvalue weighted by molar-refractivity contribution is 0.247. The quantitative estimate of drug-likeness (QED) is 0.675. The van der Waals surface area contributed by atoms with Gasteiger partial charge in [0.15, 0.2) is 0 Å². The van der Waals surface area contributed by atoms with Gasteiger partial charge in [-0.05, 0) is 6.42 Å². The third-order valence-corrected chi connectivity index (χ3v) is 4.29. The monoisotopic (exact) mass is 200 g/mol. The summed E-state index contributed by atoms with van der Waals surface area (Å²) in [5.74, 6) is 1.08. The highest BCUT2D eigenvalue weighted by molar-refractivity contribution is 8.00. The SMILES string of the molecule is CCCC[C@@H]1SC[C@@H]2NC(=O)N[C@@H]21. The zero-order valence-electron chi connectivity index (χ0n) is 7.88. The van der Waals surface area contributed by atoms with Crippen molar-refractivity contribution in [3.63, 3.8) is 0 Å². The van der Waals surface area contributed by atoms with Crippen LogP contribution in [0.4, 0.5) is 4.79 Å². The van der Waals surface area contributed by atoms with Gasteiger partial charge in [0.05, 0.1) is 12.1 Å². The minimum Gasteiger partial charge on any atom is -0.332 e. The number of thioether (sulfide) groups is 1. The van der Waals surface area contributed by atoms with Crippen molar-refractivity contribution in [2.24, 2.45) is 0 Å². The second-order valence-corrected chi connectivity index (χ2v) is 5.04. The zero-order chi connectivity index (χ0) is 9.26. The Balaban J connectivity index is 1.89. The molecule has 2 aliphatic rings. The lowest BCUT2D eigenvalue weighted by Crippen LogP contribution is -2.36. The minimum atomic E-state index is 0.0248. The predicted octanol–water partition coefficient (Wildman–Crippen LogP) is 1.34. The number of hydrogen-bond donors (Lipinski definition) is 2. The fourth-order valence-corrected chi connectivity index (χ4v) is 3.59. The second-order valence-electron chi connectivity index (χ2n) is 3.76. The van der Waals surface area contributed by atoms with Gasteiger partial charge in [0, 0.05) is 11.0 Å². The van der Waals surface area contributed by atoms with Crippen LogP contribution in [0.1, 0.15) is 26.2 Å². The van der Waals surface area contributed by atoms with Gasteiger partial charge in [0.1, 0.15) is 0 Å². The molecule has 0 radical (unpaired) electrons. The first-order valence-corrected chi connectivity index (χ1v) is 6.04. The van der Waals surface area contributed by atoms with Crippen molar-refractivity contribution in [1.29, 1.82) is 0 Å². The molecule has 3 atom stereocenters. The molecule has 0 aromatic carbocycles. The Kier molecular flexibility index (Phi) is 2.67. The van der Waals surface area contributed by atoms with Crippen LogP contribution in [-0.2, 0) is 0 Å². The summed E-state index contributed by atoms with van der Waals surface area (Å²) >= 11 is 2.00. The molecule has 0 aromatic rings. The van der Waals surface area contributed by atoms with E-state index < -0.39 is 0 Å². The number of rotatable bonds is 3. The van der Waals surface area contributed by atoms with E-state index in [0.29, 0.717) is 17.3 Å². The molecule has 0 bridgehead atoms. The molecule has 2 rings (SSSR count). The molecule has 0 unspecified atom stereocenters. The standard InChI is InChI=1S/C9H16N2OS/c1-2-3-4-7-8-6(5-13-7)10-9(12)11-8/h6-8H,2-5H2,1H3,(H2,10,11,12)/t6-,7-,8-/m0/s1. The van der Waals surface area contributed by atoms with E-state index in [4.69, 9.17) is 0 Å². The molecule has 0 aromatic heterocycles. The van der Waals surface area contributed by atoms with E-state index >= 15 is 0 Å². The number of hydrogen-bond acceptors (Lipinski definition) is 2. The lowest BCUT2D eigenvalue weighted by Gasteiger charge is -2.15. The Morgan fingerprint density at radius 1 is 1.54 bits per heavy atom. The number of amides is 2. The molecule has 2 N–H and O–H groups in total. The maximum Gasteiger partial charge on any atom is 0.315 e. The highest BCUT2D eigenvalue weighted by atomic mass is 32.2. The first-order valence-electron chi connectivity index (χ1n) is 5.00. The predicted molar refractivity (Wildman–Crippen MR) is 55.0 cm³/mol. The number of carbonyl (C=O) groups excluding carboxylic acids is 1. The van der Waals surface area contributed by atoms with Gasteiger partial charge in [-0.25, -0.2) is 4.79 Å². The topological polar surface area (TPSA) is 41.1 Å². The summed E-state index contributed by atoms with van der Waals surface area (Å²) in [6, 6.07) is 0.806. The van der Waals surface area contributed by atoms with Gasteiger partial charge in [0.25, 0.3) is 0 Å². The van der Waals surface area contributed by atoms with E-state index in [-0.39, 0.29) is 6.03 Å². The summed E-state index contributed by atoms with van der Waals surface area (Å²) in [7, 11) is 0. The van der Waals surface area contributed by atoms with E-state index in [2.05, 4.69) is 17.6 Å². The van der Waals surface area contributed by atoms with Crippen molar-refractivity contribution >= 4 is 17.8 Å². The highest BCUT2D eigenvalue weighted by Crippen LogP contribution is 2.32. The van der Waals surface area contributed by atoms with Gasteiger partial charge in [-0.2, -0.15) is 11.8 Å². The third kappa shape index (κ3) is 1.77. The number of unbranched alkanes of at least 4 members (excludes halogenated alkanes) is 1. The third-order valence-electron chi connectivity index (χ3n) is 2.78. The van der Waals surface area contributed by atoms with Gasteiger partial charge < -0.3 is 10.6 Å². The Bertz CT molecular complexity index is 210. The molecule has 2 aliphatic heterocycles. The van der Waals surface area contributed by atoms with Crippen molar-refractivity contribution < 1.29 is 4.79 Å². The molecule has 0 spiro atoms. The Morgan fingerprint density at radius 2 is 2.38 bits per heavy atom. The number of fused-ring (bicyclic) bond motifs is 1. The molecule has 0 saturated carbocycles. The smallest absolute Gasteiger partial charge is 0.315 e. The van der Waals surface area contributed by atoms with E-state index in [9.17, 15) is 4.79 Å². The fourth-order valence-electron chi connectivity index (χ4n) is 2.05. The molecular formula is C9H16N2OS. The fraction of sp³-hybridized carbons (Fsp3) is 0.889. The van der Waals surface area contributed by atoms with Crippen LogP contribution in [0.25, 0.3) is 0 Å². The average Bonchev–Trinajstić information content (AvgIpc) is 2.61. The van der Waals surface area contributed by atoms with Crippen LogP contribution in [-0.4, -0.2) is 29.1 Å². The normalized spacial score (nSPS) is 37.0. The van der Waals surface area contributed by atoms with Crippen LogP contribution >= 0.6 is 11.8 Å². The molecule has 0 aliphatic carbocycles. The average molecular weight is 200 g/mol. The number of carbonyl (C=O) groups is 1. The molecule has 2 amide bonds. The van der Waals surface area contributed by atoms with Crippen molar-refractivity contribution in [3.05, 3.63) is 0 Å². The van der Waals surface area contributed by atoms with E-state index in [0.717, 1.165) is 5.75 Å². The molecule has 4 heteroatoms. The van der Waals surface area contributed by atoms with Gasteiger partial charge in [0.2, 0.25) is 0 Å². The summed E-state index contributed by atoms with van der Waals surface area (Å²) in [6.07, 6.45) is 3.76. The van der Waals surface area contributed by atoms with Crippen LogP contribution in [0.15, 0.2) is 0 Å². The number of urea groups is 1. The summed E-state index contributed by atoms with van der Waals surface area (Å²) in [5, 5.41) is 6.60. The summed E-state index contributed by atoms with van der Waals surface area (Å²) < 4.78 is 0. The Hall–Kier alpha value is -0.380.